The average molecular weight is 291 g/mol. The SMILES string of the molecule is CCCCN=C(N)SCc1ccc(Cl)c(Cl)c1. The highest BCUT2D eigenvalue weighted by molar-refractivity contribution is 8.13. The van der Waals surface area contributed by atoms with Crippen LogP contribution in [0.3, 0.4) is 0 Å². The fourth-order valence-electron chi connectivity index (χ4n) is 1.18. The van der Waals surface area contributed by atoms with Crippen molar-refractivity contribution in [3.63, 3.8) is 0 Å². The largest absolute Gasteiger partial charge is 0.379 e. The Bertz CT molecular complexity index is 394. The lowest BCUT2D eigenvalue weighted by Gasteiger charge is -2.03. The van der Waals surface area contributed by atoms with Gasteiger partial charge >= 0.3 is 0 Å². The molecule has 1 rings (SSSR count). The first kappa shape index (κ1) is 14.7. The van der Waals surface area contributed by atoms with Crippen LogP contribution in [0.5, 0.6) is 0 Å². The molecule has 2 nitrogen and oxygen atoms in total. The molecule has 0 heterocycles. The molecule has 0 unspecified atom stereocenters. The number of hydrogen-bond donors (Lipinski definition) is 1. The fraction of sp³-hybridized carbons (Fsp3) is 0.417. The summed E-state index contributed by atoms with van der Waals surface area (Å²) in [5.74, 6) is 0.762. The molecule has 0 atom stereocenters. The Labute approximate surface area is 117 Å². The monoisotopic (exact) mass is 290 g/mol. The molecule has 5 heteroatoms. The summed E-state index contributed by atoms with van der Waals surface area (Å²) in [6.45, 7) is 2.94. The molecular formula is C12H16Cl2N2S. The van der Waals surface area contributed by atoms with E-state index in [0.717, 1.165) is 30.7 Å². The van der Waals surface area contributed by atoms with Crippen LogP contribution in [-0.4, -0.2) is 11.7 Å². The Kier molecular flexibility index (Phi) is 6.78. The smallest absolute Gasteiger partial charge is 0.154 e. The Morgan fingerprint density at radius 1 is 1.35 bits per heavy atom. The molecule has 0 aliphatic heterocycles. The predicted molar refractivity (Wildman–Crippen MR) is 79.2 cm³/mol. The van der Waals surface area contributed by atoms with Crippen LogP contribution in [0.25, 0.3) is 0 Å². The van der Waals surface area contributed by atoms with Crippen molar-refractivity contribution >= 4 is 40.1 Å². The van der Waals surface area contributed by atoms with Crippen molar-refractivity contribution < 1.29 is 0 Å². The maximum Gasteiger partial charge on any atom is 0.154 e. The van der Waals surface area contributed by atoms with Gasteiger partial charge in [0.2, 0.25) is 0 Å². The Morgan fingerprint density at radius 2 is 2.12 bits per heavy atom. The number of unbranched alkanes of at least 4 members (excludes halogenated alkanes) is 1. The molecule has 0 bridgehead atoms. The van der Waals surface area contributed by atoms with E-state index in [1.54, 1.807) is 6.07 Å². The second-order valence-corrected chi connectivity index (χ2v) is 5.42. The highest BCUT2D eigenvalue weighted by Gasteiger charge is 2.01. The van der Waals surface area contributed by atoms with E-state index in [0.29, 0.717) is 15.2 Å². The first-order valence-corrected chi connectivity index (χ1v) is 7.24. The van der Waals surface area contributed by atoms with Gasteiger partial charge in [-0.1, -0.05) is 54.4 Å². The number of thioether (sulfide) groups is 1. The number of aliphatic imine (C=N–C) groups is 1. The van der Waals surface area contributed by atoms with E-state index in [4.69, 9.17) is 28.9 Å². The highest BCUT2D eigenvalue weighted by atomic mass is 35.5. The van der Waals surface area contributed by atoms with Gasteiger partial charge in [-0.25, -0.2) is 0 Å². The van der Waals surface area contributed by atoms with Gasteiger partial charge in [0.25, 0.3) is 0 Å². The lowest BCUT2D eigenvalue weighted by molar-refractivity contribution is 0.809. The number of benzene rings is 1. The van der Waals surface area contributed by atoms with E-state index >= 15 is 0 Å². The van der Waals surface area contributed by atoms with Gasteiger partial charge in [-0.15, -0.1) is 0 Å². The third-order valence-corrected chi connectivity index (χ3v) is 3.79. The highest BCUT2D eigenvalue weighted by Crippen LogP contribution is 2.24. The maximum atomic E-state index is 5.93. The van der Waals surface area contributed by atoms with Crippen molar-refractivity contribution in [3.8, 4) is 0 Å². The molecule has 1 aromatic rings. The molecule has 0 fully saturated rings. The van der Waals surface area contributed by atoms with Crippen LogP contribution in [0.15, 0.2) is 23.2 Å². The van der Waals surface area contributed by atoms with E-state index in [1.165, 1.54) is 11.8 Å². The summed E-state index contributed by atoms with van der Waals surface area (Å²) >= 11 is 13.3. The minimum absolute atomic E-state index is 0.574. The number of hydrogen-bond acceptors (Lipinski definition) is 2. The van der Waals surface area contributed by atoms with Crippen LogP contribution < -0.4 is 5.73 Å². The summed E-state index contributed by atoms with van der Waals surface area (Å²) < 4.78 is 0. The Hall–Kier alpha value is -0.380. The second kappa shape index (κ2) is 7.85. The van der Waals surface area contributed by atoms with Crippen LogP contribution in [0.1, 0.15) is 25.3 Å². The number of nitrogens with zero attached hydrogens (tertiary/aromatic N) is 1. The molecule has 0 radical (unpaired) electrons. The predicted octanol–water partition coefficient (Wildman–Crippen LogP) is 4.34. The van der Waals surface area contributed by atoms with Crippen molar-refractivity contribution in [2.24, 2.45) is 10.7 Å². The number of amidine groups is 1. The summed E-state index contributed by atoms with van der Waals surface area (Å²) in [4.78, 5) is 4.27. The second-order valence-electron chi connectivity index (χ2n) is 3.61. The third-order valence-electron chi connectivity index (χ3n) is 2.15. The summed E-state index contributed by atoms with van der Waals surface area (Å²) in [6.07, 6.45) is 2.21. The van der Waals surface area contributed by atoms with E-state index in [-0.39, 0.29) is 0 Å². The van der Waals surface area contributed by atoms with Crippen LogP contribution in [0.2, 0.25) is 10.0 Å². The van der Waals surface area contributed by atoms with Crippen molar-refractivity contribution in [3.05, 3.63) is 33.8 Å². The Balaban J connectivity index is 2.44. The first-order valence-electron chi connectivity index (χ1n) is 5.50. The molecule has 0 aliphatic rings. The molecule has 0 spiro atoms. The van der Waals surface area contributed by atoms with Gasteiger partial charge in [-0.05, 0) is 24.1 Å². The molecule has 0 saturated heterocycles. The molecule has 0 aromatic heterocycles. The van der Waals surface area contributed by atoms with Crippen molar-refractivity contribution in [1.82, 2.24) is 0 Å². The fourth-order valence-corrected chi connectivity index (χ4v) is 2.18. The van der Waals surface area contributed by atoms with Crippen LogP contribution in [-0.2, 0) is 5.75 Å². The topological polar surface area (TPSA) is 38.4 Å². The van der Waals surface area contributed by atoms with Crippen LogP contribution in [0.4, 0.5) is 0 Å². The van der Waals surface area contributed by atoms with Crippen molar-refractivity contribution in [1.29, 1.82) is 0 Å². The standard InChI is InChI=1S/C12H16Cl2N2S/c1-2-3-6-16-12(15)17-8-9-4-5-10(13)11(14)7-9/h4-5,7H,2-3,6,8H2,1H3,(H2,15,16). The summed E-state index contributed by atoms with van der Waals surface area (Å²) in [5, 5.41) is 1.78. The van der Waals surface area contributed by atoms with Gasteiger partial charge < -0.3 is 5.73 Å². The zero-order valence-electron chi connectivity index (χ0n) is 9.75. The van der Waals surface area contributed by atoms with E-state index < -0.39 is 0 Å². The zero-order valence-corrected chi connectivity index (χ0v) is 12.1. The molecule has 0 amide bonds. The third kappa shape index (κ3) is 5.66. The quantitative estimate of drug-likeness (QED) is 0.498. The molecule has 94 valence electrons. The summed E-state index contributed by atoms with van der Waals surface area (Å²) in [5.41, 5.74) is 6.88. The van der Waals surface area contributed by atoms with Gasteiger partial charge in [0.15, 0.2) is 5.17 Å². The lowest BCUT2D eigenvalue weighted by atomic mass is 10.2. The first-order chi connectivity index (χ1) is 8.13. The van der Waals surface area contributed by atoms with Crippen molar-refractivity contribution in [2.75, 3.05) is 6.54 Å². The molecule has 17 heavy (non-hydrogen) atoms. The van der Waals surface area contributed by atoms with Gasteiger partial charge in [0.05, 0.1) is 10.0 Å². The maximum absolute atomic E-state index is 5.93. The average Bonchev–Trinajstić information content (AvgIpc) is 2.31. The molecular weight excluding hydrogens is 275 g/mol. The number of nitrogens with two attached hydrogens (primary N) is 1. The summed E-state index contributed by atoms with van der Waals surface area (Å²) in [6, 6.07) is 5.60. The van der Waals surface area contributed by atoms with Gasteiger partial charge in [-0.2, -0.15) is 0 Å². The molecule has 0 saturated carbocycles. The number of halogens is 2. The lowest BCUT2D eigenvalue weighted by Crippen LogP contribution is -2.07. The molecule has 0 aliphatic carbocycles. The summed E-state index contributed by atoms with van der Waals surface area (Å²) in [7, 11) is 0. The van der Waals surface area contributed by atoms with Crippen molar-refractivity contribution in [2.45, 2.75) is 25.5 Å². The van der Waals surface area contributed by atoms with Crippen LogP contribution in [0, 0.1) is 0 Å². The van der Waals surface area contributed by atoms with Crippen LogP contribution >= 0.6 is 35.0 Å². The van der Waals surface area contributed by atoms with Gasteiger partial charge in [-0.3, -0.25) is 4.99 Å². The van der Waals surface area contributed by atoms with Gasteiger partial charge in [0.1, 0.15) is 0 Å². The Morgan fingerprint density at radius 3 is 2.76 bits per heavy atom. The van der Waals surface area contributed by atoms with E-state index in [2.05, 4.69) is 11.9 Å². The molecule has 2 N–H and O–H groups in total. The number of rotatable bonds is 5. The van der Waals surface area contributed by atoms with Gasteiger partial charge in [0, 0.05) is 12.3 Å². The van der Waals surface area contributed by atoms with E-state index in [9.17, 15) is 0 Å². The minimum atomic E-state index is 0.574. The zero-order chi connectivity index (χ0) is 12.7. The minimum Gasteiger partial charge on any atom is -0.379 e. The molecule has 1 aromatic carbocycles. The van der Waals surface area contributed by atoms with E-state index in [1.807, 2.05) is 12.1 Å². The normalized spacial score (nSPS) is 11.8.